The van der Waals surface area contributed by atoms with Gasteiger partial charge in [-0.3, -0.25) is 43.6 Å². The number of carbonyl (C=O) groups is 3. The number of amides is 3. The van der Waals surface area contributed by atoms with Crippen molar-refractivity contribution in [2.24, 2.45) is 13.0 Å². The molecule has 8 heterocycles. The third-order valence-corrected chi connectivity index (χ3v) is 14.3. The van der Waals surface area contributed by atoms with Crippen LogP contribution in [0.15, 0.2) is 71.8 Å². The molecule has 2 aromatic carbocycles. The van der Waals surface area contributed by atoms with E-state index in [2.05, 4.69) is 49.8 Å². The molecule has 4 aromatic heterocycles. The lowest BCUT2D eigenvalue weighted by Gasteiger charge is -2.45. The van der Waals surface area contributed by atoms with Crippen LogP contribution in [0.5, 0.6) is 0 Å². The summed E-state index contributed by atoms with van der Waals surface area (Å²) in [6.07, 6.45) is 8.28. The zero-order chi connectivity index (χ0) is 46.8. The van der Waals surface area contributed by atoms with Crippen LogP contribution in [0.1, 0.15) is 78.2 Å². The molecule has 16 nitrogen and oxygen atoms in total. The number of nitrogens with one attached hydrogen (secondary N) is 3. The quantitative estimate of drug-likeness (QED) is 0.132. The van der Waals surface area contributed by atoms with Gasteiger partial charge in [0.2, 0.25) is 11.8 Å². The Balaban J connectivity index is 0.706. The molecule has 350 valence electrons. The first-order valence-corrected chi connectivity index (χ1v) is 23.5. The Bertz CT molecular complexity index is 3120. The SMILES string of the molecule is CNc1cc(N2CCc3c(-c4ccc(CN5CC[C@H](N6CCC(C#Cc7ccc8c(c7)n(C)c(=O)n8C7CCC(=O)NC7=O)CC6)C(F)(F)C5)cn4)cccc32)nn2c(C(=O)NC3CC3)cnc12. The van der Waals surface area contributed by atoms with Crippen molar-refractivity contribution in [1.82, 2.24) is 49.1 Å². The van der Waals surface area contributed by atoms with Gasteiger partial charge in [0.15, 0.2) is 17.2 Å². The van der Waals surface area contributed by atoms with E-state index in [0.717, 1.165) is 58.6 Å². The standard InChI is InChI=1S/C50H52F2N12O4/c1-53-37-25-44(58-64-42(27-55-46(37)64)48(67)56-33-10-11-33)62-23-18-35-34(4-3-5-38(35)62)36-12-8-32(26-54-36)28-60-20-19-43(50(51,52)29-60)61-21-16-30(17-22-61)6-7-31-9-13-39-41(24-31)59(2)49(68)63(39)40-14-15-45(65)57-47(40)66/h3-5,8-9,12-13,24-27,30,33,40,43,53H,10-11,14-23,28-29H2,1-2H3,(H,56,67)(H,57,65,66)/t40?,43-/m0/s1. The molecule has 0 bridgehead atoms. The number of aromatic nitrogens is 6. The summed E-state index contributed by atoms with van der Waals surface area (Å²) in [5.74, 6) is 3.47. The van der Waals surface area contributed by atoms with E-state index in [0.29, 0.717) is 80.2 Å². The Morgan fingerprint density at radius 3 is 2.50 bits per heavy atom. The first kappa shape index (κ1) is 43.6. The average molecular weight is 923 g/mol. The van der Waals surface area contributed by atoms with E-state index in [1.807, 2.05) is 53.2 Å². The van der Waals surface area contributed by atoms with Crippen molar-refractivity contribution in [3.63, 3.8) is 0 Å². The van der Waals surface area contributed by atoms with Gasteiger partial charge in [0.1, 0.15) is 6.04 Å². The van der Waals surface area contributed by atoms with Crippen LogP contribution in [0.25, 0.3) is 27.9 Å². The summed E-state index contributed by atoms with van der Waals surface area (Å²) in [5, 5.41) is 13.5. The van der Waals surface area contributed by atoms with Crippen molar-refractivity contribution < 1.29 is 23.2 Å². The lowest BCUT2D eigenvalue weighted by atomic mass is 9.92. The maximum Gasteiger partial charge on any atom is 0.329 e. The van der Waals surface area contributed by atoms with Crippen molar-refractivity contribution in [3.8, 4) is 23.1 Å². The van der Waals surface area contributed by atoms with Crippen LogP contribution in [-0.2, 0) is 29.6 Å². The minimum absolute atomic E-state index is 0.0563. The summed E-state index contributed by atoms with van der Waals surface area (Å²) >= 11 is 0. The maximum absolute atomic E-state index is 16.0. The van der Waals surface area contributed by atoms with E-state index in [9.17, 15) is 19.2 Å². The topological polar surface area (TPSA) is 167 Å². The van der Waals surface area contributed by atoms with Crippen LogP contribution in [0, 0.1) is 17.8 Å². The van der Waals surface area contributed by atoms with Gasteiger partial charge in [-0.1, -0.05) is 30.0 Å². The molecule has 2 atom stereocenters. The summed E-state index contributed by atoms with van der Waals surface area (Å²) in [6, 6.07) is 16.1. The Labute approximate surface area is 390 Å². The van der Waals surface area contributed by atoms with Crippen molar-refractivity contribution in [1.29, 1.82) is 0 Å². The second-order valence-electron chi connectivity index (χ2n) is 18.8. The molecule has 18 heteroatoms. The third-order valence-electron chi connectivity index (χ3n) is 14.3. The summed E-state index contributed by atoms with van der Waals surface area (Å²) in [6.45, 7) is 2.39. The normalized spacial score (nSPS) is 21.1. The van der Waals surface area contributed by atoms with E-state index in [-0.39, 0.29) is 48.9 Å². The largest absolute Gasteiger partial charge is 0.385 e. The van der Waals surface area contributed by atoms with Gasteiger partial charge in [0.05, 0.1) is 41.2 Å². The minimum Gasteiger partial charge on any atom is -0.385 e. The fourth-order valence-electron chi connectivity index (χ4n) is 10.6. The molecule has 68 heavy (non-hydrogen) atoms. The second-order valence-corrected chi connectivity index (χ2v) is 18.8. The molecule has 11 rings (SSSR count). The molecule has 3 amide bonds. The number of benzene rings is 2. The van der Waals surface area contributed by atoms with Crippen LogP contribution in [0.2, 0.25) is 0 Å². The minimum atomic E-state index is -2.88. The van der Waals surface area contributed by atoms with E-state index in [1.54, 1.807) is 30.0 Å². The van der Waals surface area contributed by atoms with Gasteiger partial charge in [0.25, 0.3) is 11.8 Å². The van der Waals surface area contributed by atoms with E-state index in [4.69, 9.17) is 10.1 Å². The smallest absolute Gasteiger partial charge is 0.329 e. The van der Waals surface area contributed by atoms with Gasteiger partial charge in [-0.05, 0) is 99.5 Å². The average Bonchev–Trinajstić information content (AvgIpc) is 3.77. The molecule has 1 saturated carbocycles. The van der Waals surface area contributed by atoms with Gasteiger partial charge in [-0.25, -0.2) is 23.1 Å². The summed E-state index contributed by atoms with van der Waals surface area (Å²) in [5.41, 5.74) is 8.22. The Kier molecular flexibility index (Phi) is 11.1. The molecule has 6 aromatic rings. The van der Waals surface area contributed by atoms with Crippen LogP contribution >= 0.6 is 0 Å². The number of likely N-dealkylation sites (tertiary alicyclic amines) is 2. The Hall–Kier alpha value is -6.97. The number of imidazole rings is 2. The molecule has 4 fully saturated rings. The van der Waals surface area contributed by atoms with Gasteiger partial charge < -0.3 is 15.5 Å². The van der Waals surface area contributed by atoms with Gasteiger partial charge in [-0.15, -0.1) is 5.10 Å². The van der Waals surface area contributed by atoms with Crippen molar-refractivity contribution in [2.45, 2.75) is 82.0 Å². The zero-order valence-electron chi connectivity index (χ0n) is 38.0. The number of hydrogen-bond acceptors (Lipinski definition) is 11. The number of hydrogen-bond donors (Lipinski definition) is 3. The third kappa shape index (κ3) is 8.06. The molecule has 5 aliphatic rings. The zero-order valence-corrected chi connectivity index (χ0v) is 38.0. The van der Waals surface area contributed by atoms with Crippen molar-refractivity contribution in [3.05, 3.63) is 99.9 Å². The number of aryl methyl sites for hydroxylation is 1. The van der Waals surface area contributed by atoms with Crippen LogP contribution in [0.4, 0.5) is 26.0 Å². The number of pyridine rings is 1. The molecule has 3 N–H and O–H groups in total. The first-order valence-electron chi connectivity index (χ1n) is 23.5. The molecule has 0 spiro atoms. The van der Waals surface area contributed by atoms with Gasteiger partial charge >= 0.3 is 5.69 Å². The van der Waals surface area contributed by atoms with Crippen molar-refractivity contribution >= 4 is 51.6 Å². The lowest BCUT2D eigenvalue weighted by molar-refractivity contribution is -0.135. The fraction of sp³-hybridized carbons (Fsp3) is 0.420. The predicted octanol–water partition coefficient (Wildman–Crippen LogP) is 5.02. The van der Waals surface area contributed by atoms with E-state index < -0.39 is 23.9 Å². The summed E-state index contributed by atoms with van der Waals surface area (Å²) < 4.78 is 36.5. The van der Waals surface area contributed by atoms with Crippen LogP contribution in [-0.4, -0.2) is 114 Å². The highest BCUT2D eigenvalue weighted by Crippen LogP contribution is 2.40. The van der Waals surface area contributed by atoms with E-state index >= 15 is 8.78 Å². The highest BCUT2D eigenvalue weighted by molar-refractivity contribution is 6.00. The second kappa shape index (κ2) is 17.3. The van der Waals surface area contributed by atoms with Crippen LogP contribution < -0.4 is 26.5 Å². The molecule has 3 saturated heterocycles. The molecule has 1 unspecified atom stereocenters. The lowest BCUT2D eigenvalue weighted by Crippen LogP contribution is -2.59. The number of halogens is 2. The molecular formula is C50H52F2N12O4. The number of carbonyl (C=O) groups excluding carboxylic acids is 3. The molecular weight excluding hydrogens is 871 g/mol. The predicted molar refractivity (Wildman–Crippen MR) is 252 cm³/mol. The summed E-state index contributed by atoms with van der Waals surface area (Å²) in [4.78, 5) is 65.8. The van der Waals surface area contributed by atoms with Gasteiger partial charge in [0, 0.05) is 81.2 Å². The highest BCUT2D eigenvalue weighted by Gasteiger charge is 2.48. The number of piperidine rings is 3. The number of anilines is 3. The summed E-state index contributed by atoms with van der Waals surface area (Å²) in [7, 11) is 3.48. The number of fused-ring (bicyclic) bond motifs is 3. The number of nitrogens with zero attached hydrogens (tertiary/aromatic N) is 9. The Morgan fingerprint density at radius 1 is 0.912 bits per heavy atom. The number of rotatable bonds is 9. The molecule has 4 aliphatic heterocycles. The Morgan fingerprint density at radius 2 is 1.75 bits per heavy atom. The maximum atomic E-state index is 16.0. The fourth-order valence-corrected chi connectivity index (χ4v) is 10.6. The molecule has 0 radical (unpaired) electrons. The van der Waals surface area contributed by atoms with Crippen molar-refractivity contribution in [2.75, 3.05) is 50.0 Å². The molecule has 1 aliphatic carbocycles. The monoisotopic (exact) mass is 922 g/mol. The number of imide groups is 1. The van der Waals surface area contributed by atoms with Crippen LogP contribution in [0.3, 0.4) is 0 Å². The van der Waals surface area contributed by atoms with Gasteiger partial charge in [-0.2, -0.15) is 0 Å². The first-order chi connectivity index (χ1) is 32.9. The van der Waals surface area contributed by atoms with E-state index in [1.165, 1.54) is 9.13 Å². The number of alkyl halides is 2. The highest BCUT2D eigenvalue weighted by atomic mass is 19.3.